The van der Waals surface area contributed by atoms with Gasteiger partial charge in [-0.05, 0) is 26.0 Å². The molecule has 1 aromatic heterocycles. The lowest BCUT2D eigenvalue weighted by atomic mass is 9.95. The lowest BCUT2D eigenvalue weighted by Crippen LogP contribution is -2.34. The number of aromatic nitrogens is 1. The summed E-state index contributed by atoms with van der Waals surface area (Å²) >= 11 is 0. The molecular weight excluding hydrogens is 314 g/mol. The van der Waals surface area contributed by atoms with E-state index in [1.807, 2.05) is 31.2 Å². The summed E-state index contributed by atoms with van der Waals surface area (Å²) in [6, 6.07) is 7.95. The van der Waals surface area contributed by atoms with E-state index in [4.69, 9.17) is 9.72 Å². The highest BCUT2D eigenvalue weighted by molar-refractivity contribution is 6.07. The Labute approximate surface area is 149 Å². The minimum Gasteiger partial charge on any atom is -0.382 e. The van der Waals surface area contributed by atoms with E-state index in [1.54, 1.807) is 0 Å². The summed E-state index contributed by atoms with van der Waals surface area (Å²) in [4.78, 5) is 20.1. The number of para-hydroxylation sites is 1. The van der Waals surface area contributed by atoms with Crippen LogP contribution in [0.4, 0.5) is 0 Å². The van der Waals surface area contributed by atoms with Gasteiger partial charge in [-0.2, -0.15) is 0 Å². The lowest BCUT2D eigenvalue weighted by molar-refractivity contribution is 0.0943. The predicted octanol–water partition coefficient (Wildman–Crippen LogP) is 2.77. The zero-order chi connectivity index (χ0) is 17.6. The van der Waals surface area contributed by atoms with E-state index in [2.05, 4.69) is 17.1 Å². The molecule has 0 unspecified atom stereocenters. The van der Waals surface area contributed by atoms with Gasteiger partial charge in [0.15, 0.2) is 0 Å². The van der Waals surface area contributed by atoms with Crippen LogP contribution in [-0.2, 0) is 17.7 Å². The third-order valence-corrected chi connectivity index (χ3v) is 4.75. The quantitative estimate of drug-likeness (QED) is 0.787. The van der Waals surface area contributed by atoms with Gasteiger partial charge in [-0.15, -0.1) is 0 Å². The highest BCUT2D eigenvalue weighted by Gasteiger charge is 2.24. The number of hydrogen-bond acceptors (Lipinski definition) is 4. The van der Waals surface area contributed by atoms with Crippen molar-refractivity contribution in [2.45, 2.75) is 33.2 Å². The van der Waals surface area contributed by atoms with E-state index >= 15 is 0 Å². The second kappa shape index (κ2) is 8.41. The van der Waals surface area contributed by atoms with Crippen LogP contribution in [-0.4, -0.2) is 48.6 Å². The van der Waals surface area contributed by atoms with Crippen molar-refractivity contribution in [2.75, 3.05) is 32.8 Å². The lowest BCUT2D eigenvalue weighted by Gasteiger charge is -2.29. The van der Waals surface area contributed by atoms with Crippen molar-refractivity contribution < 1.29 is 9.53 Å². The molecule has 5 nitrogen and oxygen atoms in total. The normalized spacial score (nSPS) is 14.5. The average molecular weight is 341 g/mol. The fraction of sp³-hybridized carbons (Fsp3) is 0.500. The number of amides is 1. The first-order valence-electron chi connectivity index (χ1n) is 9.23. The van der Waals surface area contributed by atoms with Gasteiger partial charge in [0.1, 0.15) is 0 Å². The third-order valence-electron chi connectivity index (χ3n) is 4.75. The largest absolute Gasteiger partial charge is 0.382 e. The molecule has 1 aliphatic heterocycles. The van der Waals surface area contributed by atoms with Crippen molar-refractivity contribution in [2.24, 2.45) is 0 Å². The smallest absolute Gasteiger partial charge is 0.252 e. The van der Waals surface area contributed by atoms with Gasteiger partial charge in [-0.25, -0.2) is 0 Å². The number of carbonyl (C=O) groups excluding carboxylic acids is 1. The molecular formula is C20H27N3O2. The summed E-state index contributed by atoms with van der Waals surface area (Å²) in [5, 5.41) is 4.01. The maximum Gasteiger partial charge on any atom is 0.252 e. The van der Waals surface area contributed by atoms with Crippen LogP contribution in [0.5, 0.6) is 0 Å². The molecule has 1 aliphatic rings. The fourth-order valence-electron chi connectivity index (χ4n) is 3.38. The number of nitrogens with one attached hydrogen (secondary N) is 1. The molecule has 1 N–H and O–H groups in total. The molecule has 25 heavy (non-hydrogen) atoms. The van der Waals surface area contributed by atoms with E-state index in [0.717, 1.165) is 60.2 Å². The van der Waals surface area contributed by atoms with Gasteiger partial charge in [-0.3, -0.25) is 14.7 Å². The molecule has 0 fully saturated rings. The summed E-state index contributed by atoms with van der Waals surface area (Å²) in [7, 11) is 0. The Kier molecular flexibility index (Phi) is 6.00. The van der Waals surface area contributed by atoms with Crippen molar-refractivity contribution in [1.82, 2.24) is 15.2 Å². The average Bonchev–Trinajstić information content (AvgIpc) is 2.65. The highest BCUT2D eigenvalue weighted by atomic mass is 16.5. The van der Waals surface area contributed by atoms with Crippen LogP contribution in [0.3, 0.4) is 0 Å². The van der Waals surface area contributed by atoms with Gasteiger partial charge in [0.2, 0.25) is 0 Å². The van der Waals surface area contributed by atoms with Gasteiger partial charge in [0, 0.05) is 55.9 Å². The number of fused-ring (bicyclic) bond motifs is 2. The fourth-order valence-corrected chi connectivity index (χ4v) is 3.38. The number of hydrogen-bond donors (Lipinski definition) is 1. The molecule has 0 spiro atoms. The van der Waals surface area contributed by atoms with Crippen molar-refractivity contribution >= 4 is 16.8 Å². The Morgan fingerprint density at radius 1 is 1.32 bits per heavy atom. The van der Waals surface area contributed by atoms with E-state index in [9.17, 15) is 4.79 Å². The van der Waals surface area contributed by atoms with Crippen molar-refractivity contribution in [3.8, 4) is 0 Å². The maximum atomic E-state index is 13.0. The molecule has 0 saturated heterocycles. The van der Waals surface area contributed by atoms with Crippen LogP contribution < -0.4 is 5.32 Å². The number of ether oxygens (including phenoxy) is 1. The first-order chi connectivity index (χ1) is 12.2. The second-order valence-electron chi connectivity index (χ2n) is 6.35. The topological polar surface area (TPSA) is 54.5 Å². The number of pyridine rings is 1. The number of likely N-dealkylation sites (N-methyl/N-ethyl adjacent to an activating group) is 1. The molecule has 0 atom stereocenters. The molecule has 0 bridgehead atoms. The highest BCUT2D eigenvalue weighted by Crippen LogP contribution is 2.28. The van der Waals surface area contributed by atoms with Gasteiger partial charge in [-0.1, -0.05) is 25.1 Å². The molecule has 1 amide bonds. The van der Waals surface area contributed by atoms with Crippen LogP contribution in [0.2, 0.25) is 0 Å². The van der Waals surface area contributed by atoms with Gasteiger partial charge >= 0.3 is 0 Å². The molecule has 134 valence electrons. The number of nitrogens with zero attached hydrogens (tertiary/aromatic N) is 2. The Balaban J connectivity index is 1.90. The second-order valence-corrected chi connectivity index (χ2v) is 6.35. The Morgan fingerprint density at radius 3 is 2.96 bits per heavy atom. The first kappa shape index (κ1) is 17.8. The molecule has 3 rings (SSSR count). The summed E-state index contributed by atoms with van der Waals surface area (Å²) in [5.41, 5.74) is 3.87. The van der Waals surface area contributed by atoms with Crippen molar-refractivity contribution in [1.29, 1.82) is 0 Å². The van der Waals surface area contributed by atoms with Crippen molar-refractivity contribution in [3.63, 3.8) is 0 Å². The summed E-state index contributed by atoms with van der Waals surface area (Å²) in [6.07, 6.45) is 1.73. The van der Waals surface area contributed by atoms with Crippen LogP contribution >= 0.6 is 0 Å². The third kappa shape index (κ3) is 3.99. The van der Waals surface area contributed by atoms with Gasteiger partial charge in [0.05, 0.1) is 11.1 Å². The maximum absolute atomic E-state index is 13.0. The minimum absolute atomic E-state index is 0.00398. The predicted molar refractivity (Wildman–Crippen MR) is 99.8 cm³/mol. The van der Waals surface area contributed by atoms with Crippen LogP contribution in [0.15, 0.2) is 24.3 Å². The van der Waals surface area contributed by atoms with Gasteiger partial charge in [0.25, 0.3) is 5.91 Å². The SMILES string of the molecule is CCOCCCNC(=O)c1c2c(nc3ccccc13)CCN(CC)C2. The number of benzene rings is 1. The molecule has 2 heterocycles. The molecule has 0 aliphatic carbocycles. The summed E-state index contributed by atoms with van der Waals surface area (Å²) < 4.78 is 5.34. The van der Waals surface area contributed by atoms with Crippen LogP contribution in [0.25, 0.3) is 10.9 Å². The zero-order valence-electron chi connectivity index (χ0n) is 15.2. The number of rotatable bonds is 7. The summed E-state index contributed by atoms with van der Waals surface area (Å²) in [5.74, 6) is 0.00398. The van der Waals surface area contributed by atoms with E-state index in [0.29, 0.717) is 19.8 Å². The van der Waals surface area contributed by atoms with Crippen LogP contribution in [0, 0.1) is 0 Å². The Bertz CT molecular complexity index is 745. The Hall–Kier alpha value is -1.98. The Morgan fingerprint density at radius 2 is 2.16 bits per heavy atom. The molecule has 1 aromatic carbocycles. The van der Waals surface area contributed by atoms with E-state index in [-0.39, 0.29) is 5.91 Å². The van der Waals surface area contributed by atoms with Crippen molar-refractivity contribution in [3.05, 3.63) is 41.1 Å². The summed E-state index contributed by atoms with van der Waals surface area (Å²) in [6.45, 7) is 8.94. The molecule has 2 aromatic rings. The van der Waals surface area contributed by atoms with E-state index in [1.165, 1.54) is 0 Å². The molecule has 0 saturated carbocycles. The first-order valence-corrected chi connectivity index (χ1v) is 9.23. The number of carbonyl (C=O) groups is 1. The monoisotopic (exact) mass is 341 g/mol. The van der Waals surface area contributed by atoms with Gasteiger partial charge < -0.3 is 10.1 Å². The minimum atomic E-state index is 0.00398. The molecule has 0 radical (unpaired) electrons. The van der Waals surface area contributed by atoms with E-state index < -0.39 is 0 Å². The zero-order valence-corrected chi connectivity index (χ0v) is 15.2. The molecule has 5 heteroatoms. The standard InChI is InChI=1S/C20H27N3O2/c1-3-23-12-10-18-16(14-23)19(15-8-5-6-9-17(15)22-18)20(24)21-11-7-13-25-4-2/h5-6,8-9H,3-4,7,10-14H2,1-2H3,(H,21,24). The van der Waals surface area contributed by atoms with Crippen LogP contribution in [0.1, 0.15) is 41.9 Å².